The maximum Gasteiger partial charge on any atom is 0.147 e. The second-order valence-electron chi connectivity index (χ2n) is 3.87. The average molecular weight is 257 g/mol. The predicted molar refractivity (Wildman–Crippen MR) is 70.2 cm³/mol. The second-order valence-corrected chi connectivity index (χ2v) is 3.87. The molecule has 0 atom stereocenters. The van der Waals surface area contributed by atoms with E-state index in [4.69, 9.17) is 11.0 Å². The highest BCUT2D eigenvalue weighted by Gasteiger charge is 2.10. The van der Waals surface area contributed by atoms with Crippen LogP contribution in [0.2, 0.25) is 0 Å². The number of hydrogen-bond donors (Lipinski definition) is 2. The third-order valence-electron chi connectivity index (χ3n) is 2.68. The molecule has 0 fully saturated rings. The number of nitrogens with two attached hydrogens (primary N) is 1. The zero-order valence-corrected chi connectivity index (χ0v) is 10.3. The molecule has 0 spiro atoms. The van der Waals surface area contributed by atoms with E-state index in [0.717, 1.165) is 5.56 Å². The van der Waals surface area contributed by atoms with E-state index in [1.807, 2.05) is 13.0 Å². The molecule has 2 aromatic rings. The number of anilines is 3. The maximum absolute atomic E-state index is 13.8. The molecule has 5 nitrogen and oxygen atoms in total. The van der Waals surface area contributed by atoms with Gasteiger partial charge < -0.3 is 11.1 Å². The fraction of sp³-hybridized carbons (Fsp3) is 0.154. The second kappa shape index (κ2) is 5.31. The van der Waals surface area contributed by atoms with Crippen molar-refractivity contribution in [3.8, 4) is 6.07 Å². The van der Waals surface area contributed by atoms with Gasteiger partial charge in [-0.1, -0.05) is 6.92 Å². The predicted octanol–water partition coefficient (Wildman–Crippen LogP) is 2.38. The van der Waals surface area contributed by atoms with Crippen molar-refractivity contribution < 1.29 is 4.39 Å². The molecule has 1 aromatic carbocycles. The lowest BCUT2D eigenvalue weighted by molar-refractivity contribution is 0.631. The Labute approximate surface area is 109 Å². The molecule has 0 unspecified atom stereocenters. The SMILES string of the molecule is CCc1c(N)ncnc1Nc1ccc(C#N)cc1F. The van der Waals surface area contributed by atoms with Gasteiger partial charge in [0.25, 0.3) is 0 Å². The number of aromatic nitrogens is 2. The van der Waals surface area contributed by atoms with Crippen LogP contribution < -0.4 is 11.1 Å². The molecule has 6 heteroatoms. The Morgan fingerprint density at radius 1 is 1.42 bits per heavy atom. The first-order chi connectivity index (χ1) is 9.15. The summed E-state index contributed by atoms with van der Waals surface area (Å²) in [7, 11) is 0. The highest BCUT2D eigenvalue weighted by atomic mass is 19.1. The van der Waals surface area contributed by atoms with Crippen LogP contribution in [-0.2, 0) is 6.42 Å². The van der Waals surface area contributed by atoms with Crippen molar-refractivity contribution in [2.45, 2.75) is 13.3 Å². The van der Waals surface area contributed by atoms with Crippen LogP contribution in [0, 0.1) is 17.1 Å². The summed E-state index contributed by atoms with van der Waals surface area (Å²) in [6, 6.07) is 6.06. The van der Waals surface area contributed by atoms with Crippen molar-refractivity contribution in [2.75, 3.05) is 11.1 Å². The number of nitrogens with zero attached hydrogens (tertiary/aromatic N) is 3. The van der Waals surface area contributed by atoms with Gasteiger partial charge in [0.1, 0.15) is 23.8 Å². The Kier molecular flexibility index (Phi) is 3.57. The minimum absolute atomic E-state index is 0.242. The Morgan fingerprint density at radius 3 is 2.84 bits per heavy atom. The van der Waals surface area contributed by atoms with Crippen LogP contribution in [0.25, 0.3) is 0 Å². The number of nitriles is 1. The Hall–Kier alpha value is -2.68. The van der Waals surface area contributed by atoms with Crippen LogP contribution >= 0.6 is 0 Å². The summed E-state index contributed by atoms with van der Waals surface area (Å²) in [5.74, 6) is 0.325. The van der Waals surface area contributed by atoms with Crippen LogP contribution in [0.1, 0.15) is 18.1 Å². The zero-order valence-electron chi connectivity index (χ0n) is 10.3. The van der Waals surface area contributed by atoms with Crippen LogP contribution in [0.15, 0.2) is 24.5 Å². The molecule has 1 heterocycles. The number of nitrogens with one attached hydrogen (secondary N) is 1. The molecule has 96 valence electrons. The van der Waals surface area contributed by atoms with Gasteiger partial charge >= 0.3 is 0 Å². The maximum atomic E-state index is 13.8. The van der Waals surface area contributed by atoms with E-state index in [-0.39, 0.29) is 11.3 Å². The lowest BCUT2D eigenvalue weighted by Crippen LogP contribution is -2.05. The molecule has 3 N–H and O–H groups in total. The van der Waals surface area contributed by atoms with Gasteiger partial charge in [0.2, 0.25) is 0 Å². The van der Waals surface area contributed by atoms with E-state index in [1.165, 1.54) is 24.5 Å². The molecule has 0 aliphatic carbocycles. The normalized spacial score (nSPS) is 9.95. The van der Waals surface area contributed by atoms with E-state index in [1.54, 1.807) is 0 Å². The Morgan fingerprint density at radius 2 is 2.21 bits per heavy atom. The van der Waals surface area contributed by atoms with Crippen LogP contribution in [0.4, 0.5) is 21.7 Å². The number of benzene rings is 1. The van der Waals surface area contributed by atoms with Gasteiger partial charge in [-0.15, -0.1) is 0 Å². The van der Waals surface area contributed by atoms with E-state index in [0.29, 0.717) is 18.1 Å². The summed E-state index contributed by atoms with van der Waals surface area (Å²) in [6.07, 6.45) is 1.95. The Bertz CT molecular complexity index is 648. The van der Waals surface area contributed by atoms with E-state index in [2.05, 4.69) is 15.3 Å². The summed E-state index contributed by atoms with van der Waals surface area (Å²) in [6.45, 7) is 1.91. The standard InChI is InChI=1S/C13H12FN5/c1-2-9-12(16)17-7-18-13(9)19-11-4-3-8(6-15)5-10(11)14/h3-5,7H,2H2,1H3,(H3,16,17,18,19). The van der Waals surface area contributed by atoms with Crippen molar-refractivity contribution in [3.63, 3.8) is 0 Å². The highest BCUT2D eigenvalue weighted by molar-refractivity contribution is 5.64. The summed E-state index contributed by atoms with van der Waals surface area (Å²) in [5.41, 5.74) is 6.98. The van der Waals surface area contributed by atoms with Gasteiger partial charge in [0.15, 0.2) is 0 Å². The van der Waals surface area contributed by atoms with Crippen molar-refractivity contribution in [2.24, 2.45) is 0 Å². The first kappa shape index (κ1) is 12.8. The summed E-state index contributed by atoms with van der Waals surface area (Å²) < 4.78 is 13.8. The summed E-state index contributed by atoms with van der Waals surface area (Å²) >= 11 is 0. The third kappa shape index (κ3) is 2.60. The van der Waals surface area contributed by atoms with Crippen molar-refractivity contribution in [1.82, 2.24) is 9.97 Å². The number of rotatable bonds is 3. The van der Waals surface area contributed by atoms with Gasteiger partial charge in [-0.05, 0) is 24.6 Å². The molecule has 0 bridgehead atoms. The molecule has 0 radical (unpaired) electrons. The third-order valence-corrected chi connectivity index (χ3v) is 2.68. The van der Waals surface area contributed by atoms with Gasteiger partial charge in [0, 0.05) is 5.56 Å². The molecule has 0 aliphatic rings. The number of halogens is 1. The van der Waals surface area contributed by atoms with E-state index >= 15 is 0 Å². The molecular formula is C13H12FN5. The van der Waals surface area contributed by atoms with Crippen molar-refractivity contribution in [1.29, 1.82) is 5.26 Å². The van der Waals surface area contributed by atoms with Gasteiger partial charge in [-0.2, -0.15) is 5.26 Å². The fourth-order valence-corrected chi connectivity index (χ4v) is 1.70. The van der Waals surface area contributed by atoms with Crippen molar-refractivity contribution in [3.05, 3.63) is 41.5 Å². The van der Waals surface area contributed by atoms with Crippen molar-refractivity contribution >= 4 is 17.3 Å². The lowest BCUT2D eigenvalue weighted by atomic mass is 10.2. The highest BCUT2D eigenvalue weighted by Crippen LogP contribution is 2.24. The molecule has 0 saturated heterocycles. The fourth-order valence-electron chi connectivity index (χ4n) is 1.70. The van der Waals surface area contributed by atoms with Gasteiger partial charge in [-0.25, -0.2) is 14.4 Å². The Balaban J connectivity index is 2.37. The molecule has 1 aromatic heterocycles. The number of hydrogen-bond acceptors (Lipinski definition) is 5. The average Bonchev–Trinajstić information content (AvgIpc) is 2.41. The molecule has 19 heavy (non-hydrogen) atoms. The molecule has 2 rings (SSSR count). The first-order valence-corrected chi connectivity index (χ1v) is 5.71. The quantitative estimate of drug-likeness (QED) is 0.881. The largest absolute Gasteiger partial charge is 0.383 e. The lowest BCUT2D eigenvalue weighted by Gasteiger charge is -2.11. The van der Waals surface area contributed by atoms with Crippen LogP contribution in [-0.4, -0.2) is 9.97 Å². The summed E-state index contributed by atoms with van der Waals surface area (Å²) in [5, 5.41) is 11.6. The number of nitrogen functional groups attached to an aromatic ring is 1. The zero-order chi connectivity index (χ0) is 13.8. The van der Waals surface area contributed by atoms with Crippen LogP contribution in [0.5, 0.6) is 0 Å². The van der Waals surface area contributed by atoms with Gasteiger partial charge in [0.05, 0.1) is 17.3 Å². The summed E-state index contributed by atoms with van der Waals surface area (Å²) in [4.78, 5) is 7.95. The molecular weight excluding hydrogens is 245 g/mol. The van der Waals surface area contributed by atoms with E-state index < -0.39 is 5.82 Å². The molecule has 0 aliphatic heterocycles. The topological polar surface area (TPSA) is 87.6 Å². The minimum atomic E-state index is -0.515. The monoisotopic (exact) mass is 257 g/mol. The van der Waals surface area contributed by atoms with Crippen LogP contribution in [0.3, 0.4) is 0 Å². The first-order valence-electron chi connectivity index (χ1n) is 5.71. The van der Waals surface area contributed by atoms with E-state index in [9.17, 15) is 4.39 Å². The van der Waals surface area contributed by atoms with Gasteiger partial charge in [-0.3, -0.25) is 0 Å². The molecule has 0 saturated carbocycles. The smallest absolute Gasteiger partial charge is 0.147 e. The molecule has 0 amide bonds. The minimum Gasteiger partial charge on any atom is -0.383 e.